The van der Waals surface area contributed by atoms with E-state index in [0.717, 1.165) is 0 Å². The minimum Gasteiger partial charge on any atom is 0 e. The molecule has 0 heterocycles. The summed E-state index contributed by atoms with van der Waals surface area (Å²) >= 11 is 0. The summed E-state index contributed by atoms with van der Waals surface area (Å²) in [5, 5.41) is 0. The van der Waals surface area contributed by atoms with Gasteiger partial charge in [-0.15, -0.1) is 0 Å². The van der Waals surface area contributed by atoms with Gasteiger partial charge < -0.3 is 0 Å². The molecule has 7 heavy (non-hydrogen) atoms. The predicted octanol–water partition coefficient (Wildman–Crippen LogP) is -1.14. The number of rotatable bonds is 0. The zero-order valence-electron chi connectivity index (χ0n) is 3.34. The van der Waals surface area contributed by atoms with Crippen LogP contribution in [0, 0.1) is 167 Å². The Morgan fingerprint density at radius 2 is 0.286 bits per heavy atom. The van der Waals surface area contributed by atoms with Crippen molar-refractivity contribution in [3.63, 3.8) is 0 Å². The van der Waals surface area contributed by atoms with Gasteiger partial charge in [0.1, 0.15) is 0 Å². The van der Waals surface area contributed by atoms with Crippen molar-refractivity contribution in [2.75, 3.05) is 0 Å². The predicted molar refractivity (Wildman–Crippen MR) is 17.3 cm³/mol. The Labute approximate surface area is 237 Å². The van der Waals surface area contributed by atoms with Crippen LogP contribution in [-0.2, 0) is 0 Å². The van der Waals surface area contributed by atoms with E-state index < -0.39 is 0 Å². The van der Waals surface area contributed by atoms with E-state index in [2.05, 4.69) is 0 Å². The van der Waals surface area contributed by atoms with Gasteiger partial charge in [-0.25, -0.2) is 0 Å². The quantitative estimate of drug-likeness (QED) is 0.270. The first-order valence-electron chi connectivity index (χ1n) is 0. The molecule has 0 nitrogen and oxygen atoms in total. The topological polar surface area (TPSA) is 0 Å². The van der Waals surface area contributed by atoms with Crippen LogP contribution in [0.2, 0.25) is 0 Å². The fourth-order valence-corrected chi connectivity index (χ4v) is 0. The summed E-state index contributed by atoms with van der Waals surface area (Å²) in [6.07, 6.45) is 0. The summed E-state index contributed by atoms with van der Waals surface area (Å²) in [5.41, 5.74) is 0. The first-order valence-corrected chi connectivity index (χ1v) is 0. The van der Waals surface area contributed by atoms with Gasteiger partial charge in [-0.2, -0.15) is 0 Å². The van der Waals surface area contributed by atoms with E-state index >= 15 is 0 Å². The maximum atomic E-state index is 0. The smallest absolute Gasteiger partial charge is 0 e. The van der Waals surface area contributed by atoms with Crippen LogP contribution >= 0.6 is 0 Å². The minimum atomic E-state index is 0. The van der Waals surface area contributed by atoms with Gasteiger partial charge in [-0.1, -0.05) is 0 Å². The van der Waals surface area contributed by atoms with Gasteiger partial charge in [0.15, 0.2) is 0 Å². The molecule has 0 bridgehead atoms. The molecule has 0 spiro atoms. The first-order chi connectivity index (χ1) is 0. The Balaban J connectivity index is 0. The van der Waals surface area contributed by atoms with Gasteiger partial charge in [0.25, 0.3) is 0 Å². The maximum absolute atomic E-state index is 0. The third-order valence-electron chi connectivity index (χ3n) is 0. The fourth-order valence-electron chi connectivity index (χ4n) is 0. The van der Waals surface area contributed by atoms with E-state index in [1.807, 2.05) is 0 Å². The molecule has 0 aliphatic carbocycles. The average Bonchev–Trinajstić information content (AvgIpc) is 0. The van der Waals surface area contributed by atoms with Crippen LogP contribution in [0.15, 0.2) is 0 Å². The normalized spacial score (nSPS) is 0. The number of hydrogen-bond acceptors (Lipinski definition) is 0. The molecule has 0 aromatic carbocycles. The Morgan fingerprint density at radius 1 is 0.286 bits per heavy atom. The third-order valence-corrected chi connectivity index (χ3v) is 0. The second-order valence-corrected chi connectivity index (χ2v) is 0. The molecule has 0 aliphatic rings. The molecule has 0 N–H and O–H groups in total. The Kier molecular flexibility index (Phi) is 240. The third kappa shape index (κ3) is 31.4. The monoisotopic (exact) mass is 1190 g/mol. The van der Waals surface area contributed by atoms with Crippen LogP contribution in [0.5, 0.6) is 0 Å². The van der Waals surface area contributed by atoms with Crippen LogP contribution < -0.4 is 0 Å². The van der Waals surface area contributed by atoms with E-state index in [0.29, 0.717) is 0 Å². The minimum absolute atomic E-state index is 0. The van der Waals surface area contributed by atoms with Crippen molar-refractivity contribution in [2.45, 2.75) is 0 Å². The van der Waals surface area contributed by atoms with Gasteiger partial charge in [-0.05, 0) is 0 Å². The zero-order valence-corrected chi connectivity index (χ0v) is 26.3. The SMILES string of the molecule is [Bi].[Bi].[Bi].[Ce].[Ce].[Ce].[Ce]. The van der Waals surface area contributed by atoms with Crippen LogP contribution in [0.4, 0.5) is 0 Å². The van der Waals surface area contributed by atoms with Gasteiger partial charge in [0.05, 0.1) is 0 Å². The zero-order chi connectivity index (χ0) is 0. The van der Waals surface area contributed by atoms with Crippen molar-refractivity contribution in [3.05, 3.63) is 0 Å². The second-order valence-electron chi connectivity index (χ2n) is 0. The largest absolute Gasteiger partial charge is 0 e. The molecule has 31 valence electrons. The Morgan fingerprint density at radius 3 is 0.286 bits per heavy atom. The van der Waals surface area contributed by atoms with E-state index in [4.69, 9.17) is 0 Å². The molecule has 0 aromatic heterocycles. The maximum Gasteiger partial charge on any atom is 0 e. The summed E-state index contributed by atoms with van der Waals surface area (Å²) in [7, 11) is 0. The molecular weight excluding hydrogens is 1190 g/mol. The fraction of sp³-hybridized carbons (Fsp3) is 0. The molecule has 0 aliphatic heterocycles. The van der Waals surface area contributed by atoms with Crippen molar-refractivity contribution < 1.29 is 167 Å². The van der Waals surface area contributed by atoms with Crippen LogP contribution in [0.25, 0.3) is 0 Å². The molecule has 0 aromatic rings. The van der Waals surface area contributed by atoms with Crippen molar-refractivity contribution in [1.29, 1.82) is 0 Å². The van der Waals surface area contributed by atoms with E-state index in [1.165, 1.54) is 0 Å². The van der Waals surface area contributed by atoms with Crippen molar-refractivity contribution >= 4 is 78.6 Å². The molecule has 0 saturated heterocycles. The van der Waals surface area contributed by atoms with Crippen molar-refractivity contribution in [1.82, 2.24) is 0 Å². The first kappa shape index (κ1) is 45.7. The molecule has 0 amide bonds. The van der Waals surface area contributed by atoms with Crippen LogP contribution in [0.1, 0.15) is 0 Å². The second kappa shape index (κ2) is 36.8. The summed E-state index contributed by atoms with van der Waals surface area (Å²) in [6.45, 7) is 0. The Hall–Kier alpha value is 8.16. The van der Waals surface area contributed by atoms with Crippen molar-refractivity contribution in [2.24, 2.45) is 0 Å². The molecule has 9 radical (unpaired) electrons. The van der Waals surface area contributed by atoms with E-state index in [9.17, 15) is 0 Å². The molecule has 0 atom stereocenters. The van der Waals surface area contributed by atoms with Gasteiger partial charge >= 0.3 is 0 Å². The summed E-state index contributed by atoms with van der Waals surface area (Å²) < 4.78 is 0. The molecule has 0 unspecified atom stereocenters. The van der Waals surface area contributed by atoms with E-state index in [1.54, 1.807) is 0 Å². The van der Waals surface area contributed by atoms with Gasteiger partial charge in [0.2, 0.25) is 0 Å². The molecule has 7 heteroatoms. The molecule has 0 rings (SSSR count). The van der Waals surface area contributed by atoms with Crippen LogP contribution in [0.3, 0.4) is 0 Å². The molecular formula is Bi3Ce4. The number of hydrogen-bond donors (Lipinski definition) is 0. The van der Waals surface area contributed by atoms with E-state index in [-0.39, 0.29) is 246 Å². The van der Waals surface area contributed by atoms with Gasteiger partial charge in [0, 0.05) is 246 Å². The average molecular weight is 1190 g/mol. The summed E-state index contributed by atoms with van der Waals surface area (Å²) in [6, 6.07) is 0. The molecule has 0 fully saturated rings. The summed E-state index contributed by atoms with van der Waals surface area (Å²) in [4.78, 5) is 0. The molecule has 0 saturated carbocycles. The standard InChI is InChI=1S/3Bi.4Ce. The summed E-state index contributed by atoms with van der Waals surface area (Å²) in [5.74, 6) is 0. The van der Waals surface area contributed by atoms with Gasteiger partial charge in [-0.3, -0.25) is 0 Å². The Bertz CT molecular complexity index is 6.90. The van der Waals surface area contributed by atoms with Crippen molar-refractivity contribution in [3.8, 4) is 0 Å². The van der Waals surface area contributed by atoms with Crippen LogP contribution in [-0.4, -0.2) is 78.6 Å².